The van der Waals surface area contributed by atoms with Crippen LogP contribution in [0.2, 0.25) is 0 Å². The highest BCUT2D eigenvalue weighted by molar-refractivity contribution is 5.78. The Morgan fingerprint density at radius 2 is 2.19 bits per heavy atom. The molecule has 0 atom stereocenters. The SMILES string of the molecule is Cn1cc(Nc2nc3ccccc3[nH]2)cn1. The van der Waals surface area contributed by atoms with Gasteiger partial charge in [0.15, 0.2) is 0 Å². The third-order valence-electron chi connectivity index (χ3n) is 2.36. The molecular formula is C11H11N5. The fraction of sp³-hybridized carbons (Fsp3) is 0.0909. The Morgan fingerprint density at radius 1 is 1.31 bits per heavy atom. The molecule has 16 heavy (non-hydrogen) atoms. The van der Waals surface area contributed by atoms with E-state index in [9.17, 15) is 0 Å². The largest absolute Gasteiger partial charge is 0.324 e. The third kappa shape index (κ3) is 1.52. The first kappa shape index (κ1) is 8.96. The molecule has 5 heteroatoms. The van der Waals surface area contributed by atoms with Gasteiger partial charge in [-0.1, -0.05) is 12.1 Å². The molecular weight excluding hydrogens is 202 g/mol. The standard InChI is InChI=1S/C11H11N5/c1-16-7-8(6-12-16)13-11-14-9-4-2-3-5-10(9)15-11/h2-7H,1H3,(H2,13,14,15). The highest BCUT2D eigenvalue weighted by Gasteiger charge is 2.02. The zero-order chi connectivity index (χ0) is 11.0. The van der Waals surface area contributed by atoms with Gasteiger partial charge in [0.05, 0.1) is 22.9 Å². The minimum atomic E-state index is 0.731. The molecule has 3 aromatic rings. The lowest BCUT2D eigenvalue weighted by molar-refractivity contribution is 0.768. The second-order valence-corrected chi connectivity index (χ2v) is 3.63. The molecule has 0 saturated carbocycles. The lowest BCUT2D eigenvalue weighted by Crippen LogP contribution is -1.90. The average Bonchev–Trinajstić information content (AvgIpc) is 2.84. The molecule has 0 amide bonds. The molecule has 2 N–H and O–H groups in total. The number of aryl methyl sites for hydroxylation is 1. The molecule has 2 heterocycles. The van der Waals surface area contributed by atoms with E-state index in [1.807, 2.05) is 37.5 Å². The molecule has 0 bridgehead atoms. The lowest BCUT2D eigenvalue weighted by atomic mass is 10.3. The van der Waals surface area contributed by atoms with Crippen molar-refractivity contribution in [2.24, 2.45) is 7.05 Å². The highest BCUT2D eigenvalue weighted by Crippen LogP contribution is 2.16. The van der Waals surface area contributed by atoms with Crippen molar-refractivity contribution < 1.29 is 0 Å². The van der Waals surface area contributed by atoms with E-state index in [0.29, 0.717) is 0 Å². The van der Waals surface area contributed by atoms with Crippen molar-refractivity contribution in [3.8, 4) is 0 Å². The molecule has 0 spiro atoms. The van der Waals surface area contributed by atoms with E-state index in [1.165, 1.54) is 0 Å². The van der Waals surface area contributed by atoms with E-state index in [0.717, 1.165) is 22.7 Å². The monoisotopic (exact) mass is 213 g/mol. The Balaban J connectivity index is 1.95. The second-order valence-electron chi connectivity index (χ2n) is 3.63. The minimum absolute atomic E-state index is 0.731. The van der Waals surface area contributed by atoms with Gasteiger partial charge >= 0.3 is 0 Å². The normalized spacial score (nSPS) is 10.8. The van der Waals surface area contributed by atoms with Crippen molar-refractivity contribution in [3.05, 3.63) is 36.7 Å². The average molecular weight is 213 g/mol. The smallest absolute Gasteiger partial charge is 0.205 e. The molecule has 2 aromatic heterocycles. The van der Waals surface area contributed by atoms with Gasteiger partial charge in [-0.2, -0.15) is 5.10 Å². The van der Waals surface area contributed by atoms with E-state index in [2.05, 4.69) is 20.4 Å². The molecule has 0 fully saturated rings. The van der Waals surface area contributed by atoms with E-state index in [-0.39, 0.29) is 0 Å². The summed E-state index contributed by atoms with van der Waals surface area (Å²) < 4.78 is 1.74. The Hall–Kier alpha value is -2.30. The van der Waals surface area contributed by atoms with Gasteiger partial charge in [-0.3, -0.25) is 4.68 Å². The maximum atomic E-state index is 4.41. The predicted molar refractivity (Wildman–Crippen MR) is 62.6 cm³/mol. The summed E-state index contributed by atoms with van der Waals surface area (Å²) in [5.74, 6) is 0.731. The molecule has 5 nitrogen and oxygen atoms in total. The van der Waals surface area contributed by atoms with Crippen LogP contribution in [0.3, 0.4) is 0 Å². The van der Waals surface area contributed by atoms with Crippen LogP contribution in [0.4, 0.5) is 11.6 Å². The molecule has 0 aliphatic rings. The van der Waals surface area contributed by atoms with Crippen LogP contribution in [0, 0.1) is 0 Å². The van der Waals surface area contributed by atoms with Crippen molar-refractivity contribution >= 4 is 22.7 Å². The molecule has 3 rings (SSSR count). The zero-order valence-electron chi connectivity index (χ0n) is 8.81. The molecule has 0 saturated heterocycles. The Labute approximate surface area is 92.1 Å². The van der Waals surface area contributed by atoms with Gasteiger partial charge in [0, 0.05) is 13.2 Å². The maximum absolute atomic E-state index is 4.41. The molecule has 0 unspecified atom stereocenters. The van der Waals surface area contributed by atoms with E-state index in [1.54, 1.807) is 10.9 Å². The first-order valence-corrected chi connectivity index (χ1v) is 5.02. The van der Waals surface area contributed by atoms with Crippen molar-refractivity contribution in [2.45, 2.75) is 0 Å². The maximum Gasteiger partial charge on any atom is 0.205 e. The van der Waals surface area contributed by atoms with Crippen LogP contribution in [0.25, 0.3) is 11.0 Å². The van der Waals surface area contributed by atoms with Crippen LogP contribution in [0.15, 0.2) is 36.7 Å². The van der Waals surface area contributed by atoms with Crippen molar-refractivity contribution in [1.29, 1.82) is 0 Å². The molecule has 0 radical (unpaired) electrons. The third-order valence-corrected chi connectivity index (χ3v) is 2.36. The molecule has 0 aliphatic heterocycles. The Kier molecular flexibility index (Phi) is 1.89. The first-order chi connectivity index (χ1) is 7.81. The number of H-pyrrole nitrogens is 1. The van der Waals surface area contributed by atoms with Crippen LogP contribution in [-0.4, -0.2) is 19.7 Å². The van der Waals surface area contributed by atoms with Gasteiger partial charge < -0.3 is 10.3 Å². The van der Waals surface area contributed by atoms with Crippen LogP contribution < -0.4 is 5.32 Å². The van der Waals surface area contributed by atoms with Gasteiger partial charge in [0.2, 0.25) is 5.95 Å². The summed E-state index contributed by atoms with van der Waals surface area (Å²) in [6.07, 6.45) is 3.65. The number of hydrogen-bond acceptors (Lipinski definition) is 3. The van der Waals surface area contributed by atoms with E-state index >= 15 is 0 Å². The van der Waals surface area contributed by atoms with Crippen molar-refractivity contribution in [2.75, 3.05) is 5.32 Å². The number of rotatable bonds is 2. The number of para-hydroxylation sites is 2. The minimum Gasteiger partial charge on any atom is -0.324 e. The number of imidazole rings is 1. The fourth-order valence-corrected chi connectivity index (χ4v) is 1.63. The summed E-state index contributed by atoms with van der Waals surface area (Å²) in [6.45, 7) is 0. The van der Waals surface area contributed by atoms with Gasteiger partial charge in [-0.15, -0.1) is 0 Å². The Bertz CT molecular complexity index is 589. The van der Waals surface area contributed by atoms with Gasteiger partial charge in [0.25, 0.3) is 0 Å². The summed E-state index contributed by atoms with van der Waals surface area (Å²) in [7, 11) is 1.88. The first-order valence-electron chi connectivity index (χ1n) is 5.02. The summed E-state index contributed by atoms with van der Waals surface area (Å²) in [5, 5.41) is 7.24. The fourth-order valence-electron chi connectivity index (χ4n) is 1.63. The molecule has 0 aliphatic carbocycles. The number of fused-ring (bicyclic) bond motifs is 1. The number of nitrogens with zero attached hydrogens (tertiary/aromatic N) is 3. The van der Waals surface area contributed by atoms with Crippen LogP contribution >= 0.6 is 0 Å². The van der Waals surface area contributed by atoms with E-state index in [4.69, 9.17) is 0 Å². The van der Waals surface area contributed by atoms with Crippen molar-refractivity contribution in [3.63, 3.8) is 0 Å². The zero-order valence-corrected chi connectivity index (χ0v) is 8.81. The summed E-state index contributed by atoms with van der Waals surface area (Å²) in [4.78, 5) is 7.61. The lowest BCUT2D eigenvalue weighted by Gasteiger charge is -1.95. The van der Waals surface area contributed by atoms with Gasteiger partial charge in [-0.05, 0) is 12.1 Å². The van der Waals surface area contributed by atoms with Crippen LogP contribution in [-0.2, 0) is 7.05 Å². The van der Waals surface area contributed by atoms with Gasteiger partial charge in [-0.25, -0.2) is 4.98 Å². The summed E-state index contributed by atoms with van der Waals surface area (Å²) >= 11 is 0. The van der Waals surface area contributed by atoms with Crippen LogP contribution in [0.5, 0.6) is 0 Å². The Morgan fingerprint density at radius 3 is 2.94 bits per heavy atom. The molecule has 80 valence electrons. The highest BCUT2D eigenvalue weighted by atomic mass is 15.3. The number of aromatic nitrogens is 4. The van der Waals surface area contributed by atoms with E-state index < -0.39 is 0 Å². The topological polar surface area (TPSA) is 58.5 Å². The van der Waals surface area contributed by atoms with Gasteiger partial charge in [0.1, 0.15) is 0 Å². The van der Waals surface area contributed by atoms with Crippen molar-refractivity contribution in [1.82, 2.24) is 19.7 Å². The van der Waals surface area contributed by atoms with Crippen LogP contribution in [0.1, 0.15) is 0 Å². The summed E-state index contributed by atoms with van der Waals surface area (Å²) in [5.41, 5.74) is 2.89. The predicted octanol–water partition coefficient (Wildman–Crippen LogP) is 2.04. The number of anilines is 2. The summed E-state index contributed by atoms with van der Waals surface area (Å²) in [6, 6.07) is 7.92. The quantitative estimate of drug-likeness (QED) is 0.684. The number of benzene rings is 1. The second kappa shape index (κ2) is 3.37. The molecule has 1 aromatic carbocycles. The number of hydrogen-bond donors (Lipinski definition) is 2. The number of aromatic amines is 1. The number of nitrogens with one attached hydrogen (secondary N) is 2.